The number of nitrogens with two attached hydrogens (primary N) is 1. The molecule has 3 aromatic rings. The molecule has 0 unspecified atom stereocenters. The Kier molecular flexibility index (Phi) is 6.94. The maximum atomic E-state index is 15.0. The van der Waals surface area contributed by atoms with Gasteiger partial charge in [-0.3, -0.25) is 4.79 Å². The Morgan fingerprint density at radius 3 is 2.79 bits per heavy atom. The van der Waals surface area contributed by atoms with Crippen LogP contribution < -0.4 is 15.8 Å². The van der Waals surface area contributed by atoms with E-state index in [9.17, 15) is 9.18 Å². The minimum absolute atomic E-state index is 0.0655. The molecule has 152 valence electrons. The molecule has 11 heteroatoms. The highest BCUT2D eigenvalue weighted by atomic mass is 79.9. The molecular weight excluding hydrogens is 506 g/mol. The van der Waals surface area contributed by atoms with Crippen molar-refractivity contribution in [1.82, 2.24) is 15.3 Å². The van der Waals surface area contributed by atoms with Crippen molar-refractivity contribution in [3.63, 3.8) is 0 Å². The van der Waals surface area contributed by atoms with Crippen molar-refractivity contribution >= 4 is 62.5 Å². The van der Waals surface area contributed by atoms with Gasteiger partial charge in [0, 0.05) is 28.9 Å². The average molecular weight is 520 g/mol. The minimum atomic E-state index is -0.706. The summed E-state index contributed by atoms with van der Waals surface area (Å²) in [7, 11) is 0. The number of halogens is 4. The van der Waals surface area contributed by atoms with E-state index in [1.165, 1.54) is 42.1 Å². The van der Waals surface area contributed by atoms with Gasteiger partial charge in [-0.05, 0) is 40.4 Å². The van der Waals surface area contributed by atoms with E-state index < -0.39 is 11.7 Å². The fourth-order valence-electron chi connectivity index (χ4n) is 2.40. The maximum Gasteiger partial charge on any atom is 0.273 e. The molecule has 1 amide bonds. The van der Waals surface area contributed by atoms with Crippen LogP contribution in [0.5, 0.6) is 11.5 Å². The molecule has 0 bridgehead atoms. The summed E-state index contributed by atoms with van der Waals surface area (Å²) in [6.45, 7) is -0.0935. The molecule has 0 aliphatic heterocycles. The Labute approximate surface area is 188 Å². The van der Waals surface area contributed by atoms with Gasteiger partial charge in [0.05, 0.1) is 5.02 Å². The number of aromatic amines is 1. The number of ether oxygens (including phenoxy) is 1. The molecule has 0 aliphatic rings. The van der Waals surface area contributed by atoms with Gasteiger partial charge in [-0.1, -0.05) is 41.0 Å². The molecule has 4 N–H and O–H groups in total. The number of anilines is 1. The molecule has 0 spiro atoms. The van der Waals surface area contributed by atoms with Gasteiger partial charge >= 0.3 is 0 Å². The lowest BCUT2D eigenvalue weighted by Crippen LogP contribution is -2.24. The summed E-state index contributed by atoms with van der Waals surface area (Å²) in [4.78, 5) is 19.4. The van der Waals surface area contributed by atoms with Gasteiger partial charge in [0.25, 0.3) is 5.91 Å². The minimum Gasteiger partial charge on any atom is -0.453 e. The van der Waals surface area contributed by atoms with E-state index >= 15 is 0 Å². The molecule has 3 rings (SSSR count). The van der Waals surface area contributed by atoms with Gasteiger partial charge in [0.1, 0.15) is 10.4 Å². The van der Waals surface area contributed by atoms with Crippen molar-refractivity contribution in [1.29, 1.82) is 0 Å². The molecule has 0 aliphatic carbocycles. The number of nitrogens with zero attached hydrogens (tertiary/aromatic N) is 1. The van der Waals surface area contributed by atoms with Crippen LogP contribution in [-0.2, 0) is 6.54 Å². The van der Waals surface area contributed by atoms with Crippen LogP contribution >= 0.6 is 50.9 Å². The Hall–Kier alpha value is -1.94. The molecule has 0 saturated heterocycles. The molecule has 0 saturated carbocycles. The first-order valence-electron chi connectivity index (χ1n) is 8.07. The van der Waals surface area contributed by atoms with E-state index in [-0.39, 0.29) is 34.3 Å². The van der Waals surface area contributed by atoms with Crippen molar-refractivity contribution in [2.45, 2.75) is 11.7 Å². The number of benzene rings is 2. The fourth-order valence-corrected chi connectivity index (χ4v) is 3.80. The van der Waals surface area contributed by atoms with Crippen LogP contribution in [0.2, 0.25) is 10.0 Å². The molecular formula is C18H14BrCl2FN4O2S. The van der Waals surface area contributed by atoms with Crippen LogP contribution in [0.25, 0.3) is 0 Å². The van der Waals surface area contributed by atoms with E-state index in [4.69, 9.17) is 33.7 Å². The zero-order chi connectivity index (χ0) is 21.1. The highest BCUT2D eigenvalue weighted by Gasteiger charge is 2.19. The monoisotopic (exact) mass is 518 g/mol. The van der Waals surface area contributed by atoms with Gasteiger partial charge in [-0.15, -0.1) is 0 Å². The molecule has 1 heterocycles. The standard InChI is InChI=1S/C18H14BrCl2FN4O2S/c1-29-18-25-14(16(19)26-18)17(27)24-7-8-2-3-12(21)15(13(8)22)28-11-5-9(20)4-10(23)6-11/h2-6H,7,23H2,1H3,(H,24,27)(H,25,26). The summed E-state index contributed by atoms with van der Waals surface area (Å²) in [5.74, 6) is -1.12. The van der Waals surface area contributed by atoms with Crippen molar-refractivity contribution < 1.29 is 13.9 Å². The second-order valence-corrected chi connectivity index (χ2v) is 8.19. The van der Waals surface area contributed by atoms with Crippen LogP contribution in [0, 0.1) is 5.82 Å². The average Bonchev–Trinajstić information content (AvgIpc) is 3.04. The first-order chi connectivity index (χ1) is 13.8. The van der Waals surface area contributed by atoms with Gasteiger partial charge < -0.3 is 20.8 Å². The summed E-state index contributed by atoms with van der Waals surface area (Å²) in [6, 6.07) is 7.46. The third kappa shape index (κ3) is 5.16. The van der Waals surface area contributed by atoms with Crippen LogP contribution in [0.3, 0.4) is 0 Å². The highest BCUT2D eigenvalue weighted by Crippen LogP contribution is 2.35. The van der Waals surface area contributed by atoms with Crippen molar-refractivity contribution in [2.75, 3.05) is 12.0 Å². The summed E-state index contributed by atoms with van der Waals surface area (Å²) in [5.41, 5.74) is 6.45. The zero-order valence-corrected chi connectivity index (χ0v) is 18.8. The van der Waals surface area contributed by atoms with Crippen LogP contribution in [0.4, 0.5) is 10.1 Å². The van der Waals surface area contributed by atoms with Crippen LogP contribution in [0.15, 0.2) is 40.1 Å². The Bertz CT molecular complexity index is 1060. The lowest BCUT2D eigenvalue weighted by atomic mass is 10.2. The number of thioether (sulfide) groups is 1. The molecule has 0 atom stereocenters. The number of nitrogens with one attached hydrogen (secondary N) is 2. The fraction of sp³-hybridized carbons (Fsp3) is 0.111. The number of carbonyl (C=O) groups excluding carboxylic acids is 1. The highest BCUT2D eigenvalue weighted by molar-refractivity contribution is 9.10. The largest absolute Gasteiger partial charge is 0.453 e. The smallest absolute Gasteiger partial charge is 0.273 e. The number of H-pyrrole nitrogens is 1. The predicted octanol–water partition coefficient (Wildman–Crippen LogP) is 5.64. The van der Waals surface area contributed by atoms with Gasteiger partial charge in [0.2, 0.25) is 0 Å². The number of aromatic nitrogens is 2. The lowest BCUT2D eigenvalue weighted by molar-refractivity contribution is 0.0945. The number of carbonyl (C=O) groups is 1. The topological polar surface area (TPSA) is 93.0 Å². The molecule has 29 heavy (non-hydrogen) atoms. The molecule has 0 radical (unpaired) electrons. The Balaban J connectivity index is 1.79. The van der Waals surface area contributed by atoms with E-state index in [0.717, 1.165) is 0 Å². The van der Waals surface area contributed by atoms with E-state index in [2.05, 4.69) is 31.2 Å². The van der Waals surface area contributed by atoms with Crippen LogP contribution in [0.1, 0.15) is 16.1 Å². The predicted molar refractivity (Wildman–Crippen MR) is 117 cm³/mol. The second kappa shape index (κ2) is 9.25. The quantitative estimate of drug-likeness (QED) is 0.289. The van der Waals surface area contributed by atoms with Gasteiger partial charge in [-0.2, -0.15) is 0 Å². The van der Waals surface area contributed by atoms with Crippen molar-refractivity contribution in [3.8, 4) is 11.5 Å². The van der Waals surface area contributed by atoms with E-state index in [0.29, 0.717) is 20.5 Å². The normalized spacial score (nSPS) is 10.8. The third-order valence-corrected chi connectivity index (χ3v) is 5.40. The van der Waals surface area contributed by atoms with Crippen molar-refractivity contribution in [2.24, 2.45) is 0 Å². The maximum absolute atomic E-state index is 15.0. The SMILES string of the molecule is CSc1nc(C(=O)NCc2ccc(Cl)c(Oc3cc(N)cc(Cl)c3)c2F)c(Br)[nH]1. The Morgan fingerprint density at radius 2 is 2.14 bits per heavy atom. The summed E-state index contributed by atoms with van der Waals surface area (Å²) in [6.07, 6.45) is 1.82. The van der Waals surface area contributed by atoms with Gasteiger partial charge in [-0.25, -0.2) is 9.37 Å². The lowest BCUT2D eigenvalue weighted by Gasteiger charge is -2.13. The van der Waals surface area contributed by atoms with Gasteiger partial charge in [0.15, 0.2) is 22.4 Å². The first kappa shape index (κ1) is 21.8. The summed E-state index contributed by atoms with van der Waals surface area (Å²) < 4.78 is 21.0. The number of hydrogen-bond acceptors (Lipinski definition) is 5. The first-order valence-corrected chi connectivity index (χ1v) is 10.8. The van der Waals surface area contributed by atoms with Crippen LogP contribution in [-0.4, -0.2) is 22.1 Å². The molecule has 2 aromatic carbocycles. The number of amides is 1. The number of nitrogen functional groups attached to an aromatic ring is 1. The molecule has 6 nitrogen and oxygen atoms in total. The number of hydrogen-bond donors (Lipinski definition) is 3. The van der Waals surface area contributed by atoms with E-state index in [1.807, 2.05) is 6.26 Å². The summed E-state index contributed by atoms with van der Waals surface area (Å²) >= 11 is 16.6. The summed E-state index contributed by atoms with van der Waals surface area (Å²) in [5, 5.41) is 3.61. The van der Waals surface area contributed by atoms with Crippen molar-refractivity contribution in [3.05, 3.63) is 62.1 Å². The van der Waals surface area contributed by atoms with E-state index in [1.54, 1.807) is 0 Å². The molecule has 1 aromatic heterocycles. The number of imidazole rings is 1. The third-order valence-electron chi connectivity index (χ3n) is 3.73. The zero-order valence-electron chi connectivity index (χ0n) is 14.9. The second-order valence-electron chi connectivity index (χ2n) is 5.76. The molecule has 0 fully saturated rings. The number of rotatable bonds is 6. The Morgan fingerprint density at radius 1 is 1.38 bits per heavy atom.